The van der Waals surface area contributed by atoms with E-state index in [1.165, 1.54) is 0 Å². The van der Waals surface area contributed by atoms with Crippen LogP contribution in [0.5, 0.6) is 0 Å². The number of imidazole rings is 1. The van der Waals surface area contributed by atoms with Crippen LogP contribution in [-0.4, -0.2) is 9.97 Å². The Hall–Kier alpha value is -2.14. The van der Waals surface area contributed by atoms with Crippen molar-refractivity contribution in [2.75, 3.05) is 5.73 Å². The minimum atomic E-state index is -0.940. The molecule has 0 aliphatic rings. The van der Waals surface area contributed by atoms with E-state index >= 15 is 0 Å². The molecular formula is C13H8ClF2N3. The lowest BCUT2D eigenvalue weighted by molar-refractivity contribution is 0.510. The summed E-state index contributed by atoms with van der Waals surface area (Å²) in [5.41, 5.74) is 7.53. The molecule has 6 heteroatoms. The van der Waals surface area contributed by atoms with Gasteiger partial charge < -0.3 is 10.7 Å². The molecule has 3 N–H and O–H groups in total. The smallest absolute Gasteiger partial charge is 0.161 e. The van der Waals surface area contributed by atoms with Gasteiger partial charge in [-0.1, -0.05) is 17.7 Å². The highest BCUT2D eigenvalue weighted by Crippen LogP contribution is 2.31. The summed E-state index contributed by atoms with van der Waals surface area (Å²) in [7, 11) is 0. The van der Waals surface area contributed by atoms with Gasteiger partial charge in [0.05, 0.1) is 21.7 Å². The van der Waals surface area contributed by atoms with E-state index < -0.39 is 11.6 Å². The summed E-state index contributed by atoms with van der Waals surface area (Å²) >= 11 is 5.93. The number of nitrogens with one attached hydrogen (secondary N) is 1. The van der Waals surface area contributed by atoms with Gasteiger partial charge in [-0.25, -0.2) is 13.8 Å². The number of halogens is 3. The van der Waals surface area contributed by atoms with Crippen molar-refractivity contribution in [3.05, 3.63) is 47.0 Å². The third-order valence-electron chi connectivity index (χ3n) is 2.83. The van der Waals surface area contributed by atoms with Crippen LogP contribution < -0.4 is 5.73 Å². The van der Waals surface area contributed by atoms with Crippen LogP contribution >= 0.6 is 11.6 Å². The molecule has 0 unspecified atom stereocenters. The summed E-state index contributed by atoms with van der Waals surface area (Å²) in [6, 6.07) is 7.20. The van der Waals surface area contributed by atoms with E-state index in [1.807, 2.05) is 0 Å². The number of nitrogens with zero attached hydrogens (tertiary/aromatic N) is 1. The molecule has 1 heterocycles. The predicted molar refractivity (Wildman–Crippen MR) is 70.9 cm³/mol. The van der Waals surface area contributed by atoms with Gasteiger partial charge in [-0.2, -0.15) is 0 Å². The zero-order valence-corrected chi connectivity index (χ0v) is 10.3. The maximum absolute atomic E-state index is 13.1. The predicted octanol–water partition coefficient (Wildman–Crippen LogP) is 3.74. The van der Waals surface area contributed by atoms with Crippen molar-refractivity contribution < 1.29 is 8.78 Å². The third-order valence-corrected chi connectivity index (χ3v) is 3.16. The molecule has 3 aromatic rings. The topological polar surface area (TPSA) is 54.7 Å². The first-order chi connectivity index (χ1) is 9.06. The number of aromatic nitrogens is 2. The Morgan fingerprint density at radius 3 is 2.68 bits per heavy atom. The average Bonchev–Trinajstić information content (AvgIpc) is 2.76. The van der Waals surface area contributed by atoms with E-state index in [2.05, 4.69) is 9.97 Å². The van der Waals surface area contributed by atoms with Gasteiger partial charge in [0, 0.05) is 17.7 Å². The second-order valence-corrected chi connectivity index (χ2v) is 4.48. The van der Waals surface area contributed by atoms with E-state index in [4.69, 9.17) is 17.3 Å². The van der Waals surface area contributed by atoms with Crippen molar-refractivity contribution in [1.82, 2.24) is 9.97 Å². The number of hydrogen-bond donors (Lipinski definition) is 2. The number of rotatable bonds is 1. The number of hydrogen-bond acceptors (Lipinski definition) is 2. The molecule has 3 rings (SSSR count). The maximum Gasteiger partial charge on any atom is 0.161 e. The first-order valence-electron chi connectivity index (χ1n) is 5.45. The largest absolute Gasteiger partial charge is 0.397 e. The Bertz CT molecular complexity index is 744. The van der Waals surface area contributed by atoms with Crippen molar-refractivity contribution in [2.24, 2.45) is 0 Å². The number of para-hydroxylation sites is 1. The van der Waals surface area contributed by atoms with E-state index in [1.54, 1.807) is 18.2 Å². The molecule has 96 valence electrons. The van der Waals surface area contributed by atoms with Gasteiger partial charge in [0.2, 0.25) is 0 Å². The zero-order chi connectivity index (χ0) is 13.6. The van der Waals surface area contributed by atoms with Crippen molar-refractivity contribution in [3.63, 3.8) is 0 Å². The lowest BCUT2D eigenvalue weighted by Gasteiger charge is -2.03. The molecule has 2 aromatic carbocycles. The van der Waals surface area contributed by atoms with Gasteiger partial charge in [-0.05, 0) is 12.1 Å². The summed E-state index contributed by atoms with van der Waals surface area (Å²) in [5, 5.41) is 0.398. The fourth-order valence-corrected chi connectivity index (χ4v) is 2.05. The number of benzene rings is 2. The lowest BCUT2D eigenvalue weighted by Crippen LogP contribution is -1.92. The van der Waals surface area contributed by atoms with E-state index in [0.29, 0.717) is 33.1 Å². The molecule has 19 heavy (non-hydrogen) atoms. The third kappa shape index (κ3) is 1.92. The Morgan fingerprint density at radius 1 is 1.16 bits per heavy atom. The summed E-state index contributed by atoms with van der Waals surface area (Å²) in [6.45, 7) is 0. The van der Waals surface area contributed by atoms with Crippen molar-refractivity contribution in [1.29, 1.82) is 0 Å². The quantitative estimate of drug-likeness (QED) is 0.667. The molecule has 0 aliphatic carbocycles. The van der Waals surface area contributed by atoms with Crippen LogP contribution in [0.2, 0.25) is 5.02 Å². The van der Waals surface area contributed by atoms with Crippen LogP contribution in [0.1, 0.15) is 0 Å². The van der Waals surface area contributed by atoms with Gasteiger partial charge in [-0.15, -0.1) is 0 Å². The molecule has 0 bridgehead atoms. The minimum absolute atomic E-state index is 0.327. The molecule has 0 saturated carbocycles. The van der Waals surface area contributed by atoms with Gasteiger partial charge in [-0.3, -0.25) is 0 Å². The highest BCUT2D eigenvalue weighted by molar-refractivity contribution is 6.33. The number of H-pyrrole nitrogens is 1. The first kappa shape index (κ1) is 11.9. The molecule has 0 spiro atoms. The van der Waals surface area contributed by atoms with Gasteiger partial charge in [0.25, 0.3) is 0 Å². The van der Waals surface area contributed by atoms with Gasteiger partial charge in [0.15, 0.2) is 11.6 Å². The Balaban J connectivity index is 2.23. The summed E-state index contributed by atoms with van der Waals surface area (Å²) < 4.78 is 26.3. The Morgan fingerprint density at radius 2 is 1.89 bits per heavy atom. The highest BCUT2D eigenvalue weighted by Gasteiger charge is 2.12. The SMILES string of the molecule is Nc1c(Cl)cccc1-c1nc2cc(F)c(F)cc2[nH]1. The number of aromatic amines is 1. The molecule has 0 fully saturated rings. The van der Waals surface area contributed by atoms with Crippen molar-refractivity contribution in [2.45, 2.75) is 0 Å². The molecule has 0 saturated heterocycles. The average molecular weight is 280 g/mol. The second-order valence-electron chi connectivity index (χ2n) is 4.07. The van der Waals surface area contributed by atoms with Crippen LogP contribution in [0.4, 0.5) is 14.5 Å². The van der Waals surface area contributed by atoms with E-state index in [-0.39, 0.29) is 0 Å². The standard InChI is InChI=1S/C13H8ClF2N3/c14-7-3-1-2-6(12(7)17)13-18-10-4-8(15)9(16)5-11(10)19-13/h1-5H,17H2,(H,18,19). The fraction of sp³-hybridized carbons (Fsp3) is 0. The molecule has 3 nitrogen and oxygen atoms in total. The first-order valence-corrected chi connectivity index (χ1v) is 5.83. The van der Waals surface area contributed by atoms with Crippen LogP contribution in [0.15, 0.2) is 30.3 Å². The lowest BCUT2D eigenvalue weighted by atomic mass is 10.2. The Kier molecular flexibility index (Phi) is 2.64. The van der Waals surface area contributed by atoms with Crippen LogP contribution in [0.25, 0.3) is 22.4 Å². The monoisotopic (exact) mass is 279 g/mol. The summed E-state index contributed by atoms with van der Waals surface area (Å²) in [6.07, 6.45) is 0. The molecule has 0 atom stereocenters. The van der Waals surface area contributed by atoms with Crippen molar-refractivity contribution in [3.8, 4) is 11.4 Å². The summed E-state index contributed by atoms with van der Waals surface area (Å²) in [5.74, 6) is -1.45. The van der Waals surface area contributed by atoms with E-state index in [0.717, 1.165) is 12.1 Å². The molecule has 0 aliphatic heterocycles. The number of nitrogens with two attached hydrogens (primary N) is 1. The number of fused-ring (bicyclic) bond motifs is 1. The molecule has 0 amide bonds. The van der Waals surface area contributed by atoms with Crippen LogP contribution in [-0.2, 0) is 0 Å². The van der Waals surface area contributed by atoms with Crippen LogP contribution in [0, 0.1) is 11.6 Å². The minimum Gasteiger partial charge on any atom is -0.397 e. The van der Waals surface area contributed by atoms with Gasteiger partial charge >= 0.3 is 0 Å². The zero-order valence-electron chi connectivity index (χ0n) is 9.55. The van der Waals surface area contributed by atoms with Gasteiger partial charge in [0.1, 0.15) is 5.82 Å². The maximum atomic E-state index is 13.1. The number of nitrogen functional groups attached to an aromatic ring is 1. The normalized spacial score (nSPS) is 11.1. The number of anilines is 1. The molecule has 1 aromatic heterocycles. The summed E-state index contributed by atoms with van der Waals surface area (Å²) in [4.78, 5) is 7.08. The highest BCUT2D eigenvalue weighted by atomic mass is 35.5. The fourth-order valence-electron chi connectivity index (χ4n) is 1.88. The van der Waals surface area contributed by atoms with Crippen molar-refractivity contribution >= 4 is 28.3 Å². The van der Waals surface area contributed by atoms with E-state index in [9.17, 15) is 8.78 Å². The Labute approximate surface area is 112 Å². The van der Waals surface area contributed by atoms with Crippen LogP contribution in [0.3, 0.4) is 0 Å². The second kappa shape index (κ2) is 4.20. The molecular weight excluding hydrogens is 272 g/mol. The molecule has 0 radical (unpaired) electrons.